The summed E-state index contributed by atoms with van der Waals surface area (Å²) >= 11 is 0. The van der Waals surface area contributed by atoms with Crippen molar-refractivity contribution in [2.24, 2.45) is 34.0 Å². The number of carbonyl (C=O) groups is 2. The molecule has 0 aromatic carbocycles. The van der Waals surface area contributed by atoms with Crippen LogP contribution in [0.3, 0.4) is 0 Å². The van der Waals surface area contributed by atoms with Crippen molar-refractivity contribution in [1.29, 1.82) is 0 Å². The molecule has 0 amide bonds. The molecule has 3 heterocycles. The second-order valence-electron chi connectivity index (χ2n) is 11.3. The number of fused-ring (bicyclic) bond motifs is 1. The van der Waals surface area contributed by atoms with Gasteiger partial charge in [0, 0.05) is 18.3 Å². The molecule has 6 heteroatoms. The second-order valence-corrected chi connectivity index (χ2v) is 11.3. The van der Waals surface area contributed by atoms with E-state index in [0.717, 1.165) is 19.3 Å². The molecule has 3 saturated heterocycles. The van der Waals surface area contributed by atoms with Crippen LogP contribution in [0.15, 0.2) is 12.2 Å². The van der Waals surface area contributed by atoms with Crippen LogP contribution in [0.25, 0.3) is 0 Å². The summed E-state index contributed by atoms with van der Waals surface area (Å²) in [6.45, 7) is 12.2. The fourth-order valence-corrected chi connectivity index (χ4v) is 8.61. The molecule has 29 heavy (non-hydrogen) atoms. The highest BCUT2D eigenvalue weighted by Crippen LogP contribution is 2.78. The molecule has 0 radical (unpaired) electrons. The first kappa shape index (κ1) is 18.7. The Bertz CT molecular complexity index is 875. The van der Waals surface area contributed by atoms with Gasteiger partial charge in [0.1, 0.15) is 17.3 Å². The smallest absolute Gasteiger partial charge is 0.213 e. The van der Waals surface area contributed by atoms with Crippen LogP contribution in [0.1, 0.15) is 53.4 Å². The van der Waals surface area contributed by atoms with E-state index in [2.05, 4.69) is 20.4 Å². The molecule has 0 aromatic rings. The molecule has 7 rings (SSSR count). The normalized spacial score (nSPS) is 56.2. The number of Topliss-reactive ketones (excluding diaryl/α,β-unsaturated/α-hetero) is 2. The molecular weight excluding hydrogens is 372 g/mol. The molecule has 7 fully saturated rings. The number of aliphatic hydroxyl groups is 1. The first-order valence-corrected chi connectivity index (χ1v) is 10.9. The highest BCUT2D eigenvalue weighted by Gasteiger charge is 2.90. The highest BCUT2D eigenvalue weighted by atomic mass is 16.8. The summed E-state index contributed by atoms with van der Waals surface area (Å²) in [5.41, 5.74) is -1.79. The van der Waals surface area contributed by atoms with Gasteiger partial charge in [0.15, 0.2) is 11.6 Å². The maximum atomic E-state index is 13.9. The quantitative estimate of drug-likeness (QED) is 0.627. The Morgan fingerprint density at radius 3 is 2.59 bits per heavy atom. The fourth-order valence-electron chi connectivity index (χ4n) is 8.61. The SMILES string of the molecule is C=C1C(=O)[C@@]23[C@@H]4OC(C)(C)O[C@]25OC[C@]2(C(=O)CCC(C)(C)[C@H]2[C@@H]5O)[C@@H]3CC[C@@H]14. The Morgan fingerprint density at radius 1 is 1.14 bits per heavy atom. The van der Waals surface area contributed by atoms with Crippen LogP contribution in [-0.2, 0) is 23.8 Å². The molecule has 158 valence electrons. The first-order valence-electron chi connectivity index (χ1n) is 10.9. The molecule has 4 saturated carbocycles. The van der Waals surface area contributed by atoms with Gasteiger partial charge < -0.3 is 19.3 Å². The average Bonchev–Trinajstić information content (AvgIpc) is 2.75. The van der Waals surface area contributed by atoms with Crippen LogP contribution >= 0.6 is 0 Å². The van der Waals surface area contributed by atoms with Crippen molar-refractivity contribution in [3.63, 3.8) is 0 Å². The van der Waals surface area contributed by atoms with Crippen LogP contribution in [0, 0.1) is 34.0 Å². The molecule has 6 nitrogen and oxygen atoms in total. The molecule has 0 aromatic heterocycles. The molecule has 4 bridgehead atoms. The van der Waals surface area contributed by atoms with Gasteiger partial charge in [-0.1, -0.05) is 20.4 Å². The Labute approximate surface area is 171 Å². The van der Waals surface area contributed by atoms with E-state index in [1.54, 1.807) is 0 Å². The third-order valence-corrected chi connectivity index (χ3v) is 9.39. The van der Waals surface area contributed by atoms with E-state index in [-0.39, 0.29) is 41.3 Å². The van der Waals surface area contributed by atoms with Gasteiger partial charge in [0.25, 0.3) is 0 Å². The van der Waals surface area contributed by atoms with E-state index in [1.807, 2.05) is 13.8 Å². The standard InChI is InChI=1S/C23H30O6/c1-11-12-6-7-13-21-10-27-23(17(26)15(21)19(2,3)9-8-14(21)24)22(13,16(11)25)18(12)28-20(4,5)29-23/h12-13,15,17-18,26H,1,6-10H2,2-5H3/t12-,13-,15+,17-,18+,21+,22-,23-/m0/s1. The Balaban J connectivity index is 1.69. The van der Waals surface area contributed by atoms with Crippen molar-refractivity contribution in [2.45, 2.75) is 77.2 Å². The van der Waals surface area contributed by atoms with E-state index in [9.17, 15) is 14.7 Å². The maximum Gasteiger partial charge on any atom is 0.213 e. The second kappa shape index (κ2) is 4.87. The number of aliphatic hydroxyl groups excluding tert-OH is 1. The number of ketones is 2. The van der Waals surface area contributed by atoms with Gasteiger partial charge >= 0.3 is 0 Å². The number of hydrogen-bond acceptors (Lipinski definition) is 6. The van der Waals surface area contributed by atoms with Crippen LogP contribution in [0.2, 0.25) is 0 Å². The number of carbonyl (C=O) groups excluding carboxylic acids is 2. The van der Waals surface area contributed by atoms with Crippen molar-refractivity contribution in [1.82, 2.24) is 0 Å². The summed E-state index contributed by atoms with van der Waals surface area (Å²) in [6, 6.07) is 0. The van der Waals surface area contributed by atoms with Crippen LogP contribution in [0.5, 0.6) is 0 Å². The van der Waals surface area contributed by atoms with E-state index in [1.165, 1.54) is 0 Å². The maximum absolute atomic E-state index is 13.9. The lowest BCUT2D eigenvalue weighted by Gasteiger charge is -2.76. The molecule has 8 atom stereocenters. The fraction of sp³-hybridized carbons (Fsp3) is 0.826. The Hall–Kier alpha value is -1.08. The molecule has 3 spiro atoms. The lowest BCUT2D eigenvalue weighted by molar-refractivity contribution is -0.523. The van der Waals surface area contributed by atoms with Crippen molar-refractivity contribution in [3.05, 3.63) is 12.2 Å². The molecule has 7 aliphatic rings. The minimum absolute atomic E-state index is 0.115. The van der Waals surface area contributed by atoms with Crippen molar-refractivity contribution < 1.29 is 28.9 Å². The van der Waals surface area contributed by atoms with Gasteiger partial charge in [-0.3, -0.25) is 9.59 Å². The van der Waals surface area contributed by atoms with Gasteiger partial charge in [-0.05, 0) is 50.0 Å². The summed E-state index contributed by atoms with van der Waals surface area (Å²) in [5.74, 6) is -3.20. The Morgan fingerprint density at radius 2 is 1.86 bits per heavy atom. The largest absolute Gasteiger partial charge is 0.387 e. The average molecular weight is 402 g/mol. The minimum atomic E-state index is -1.50. The predicted molar refractivity (Wildman–Crippen MR) is 101 cm³/mol. The first-order chi connectivity index (χ1) is 13.5. The van der Waals surface area contributed by atoms with E-state index >= 15 is 0 Å². The number of ether oxygens (including phenoxy) is 3. The topological polar surface area (TPSA) is 82.1 Å². The third-order valence-electron chi connectivity index (χ3n) is 9.39. The van der Waals surface area contributed by atoms with Crippen LogP contribution in [-0.4, -0.2) is 47.1 Å². The number of hydrogen-bond donors (Lipinski definition) is 1. The summed E-state index contributed by atoms with van der Waals surface area (Å²) in [7, 11) is 0. The summed E-state index contributed by atoms with van der Waals surface area (Å²) in [6.07, 6.45) is 1.12. The van der Waals surface area contributed by atoms with E-state index < -0.39 is 34.6 Å². The summed E-state index contributed by atoms with van der Waals surface area (Å²) in [5, 5.41) is 11.9. The summed E-state index contributed by atoms with van der Waals surface area (Å²) < 4.78 is 19.2. The zero-order chi connectivity index (χ0) is 20.8. The molecule has 1 N–H and O–H groups in total. The van der Waals surface area contributed by atoms with Gasteiger partial charge in [0.05, 0.1) is 18.1 Å². The van der Waals surface area contributed by atoms with Gasteiger partial charge in [-0.15, -0.1) is 0 Å². The lowest BCUT2D eigenvalue weighted by atomic mass is 9.35. The third kappa shape index (κ3) is 1.64. The van der Waals surface area contributed by atoms with E-state index in [4.69, 9.17) is 14.2 Å². The Kier molecular flexibility index (Phi) is 3.14. The van der Waals surface area contributed by atoms with Crippen molar-refractivity contribution in [2.75, 3.05) is 6.61 Å². The number of rotatable bonds is 0. The van der Waals surface area contributed by atoms with E-state index in [0.29, 0.717) is 12.0 Å². The zero-order valence-electron chi connectivity index (χ0n) is 17.6. The predicted octanol–water partition coefficient (Wildman–Crippen LogP) is 2.38. The van der Waals surface area contributed by atoms with Crippen LogP contribution < -0.4 is 0 Å². The molecular formula is C23H30O6. The summed E-state index contributed by atoms with van der Waals surface area (Å²) in [4.78, 5) is 27.5. The van der Waals surface area contributed by atoms with Crippen molar-refractivity contribution >= 4 is 11.6 Å². The van der Waals surface area contributed by atoms with Gasteiger partial charge in [0.2, 0.25) is 5.79 Å². The molecule has 4 aliphatic carbocycles. The lowest BCUT2D eigenvalue weighted by Crippen LogP contribution is -2.88. The highest BCUT2D eigenvalue weighted by molar-refractivity contribution is 6.06. The minimum Gasteiger partial charge on any atom is -0.387 e. The van der Waals surface area contributed by atoms with Crippen molar-refractivity contribution in [3.8, 4) is 0 Å². The monoisotopic (exact) mass is 402 g/mol. The van der Waals surface area contributed by atoms with Crippen LogP contribution in [0.4, 0.5) is 0 Å². The van der Waals surface area contributed by atoms with Gasteiger partial charge in [-0.2, -0.15) is 0 Å². The zero-order valence-corrected chi connectivity index (χ0v) is 17.6. The molecule has 3 aliphatic heterocycles. The molecule has 0 unspecified atom stereocenters. The van der Waals surface area contributed by atoms with Gasteiger partial charge in [-0.25, -0.2) is 0 Å².